The number of imidazole rings is 1. The minimum atomic E-state index is -0.151. The number of anilines is 1. The normalized spacial score (nSPS) is 11.2. The Morgan fingerprint density at radius 2 is 1.53 bits per heavy atom. The SMILES string of the molecule is Cc1nccn1Cc1ccc(NC(=O)Cn2c3ccccc3c(=O)c3ccccc32)cc1. The predicted molar refractivity (Wildman–Crippen MR) is 127 cm³/mol. The summed E-state index contributed by atoms with van der Waals surface area (Å²) in [6, 6.07) is 22.6. The maximum Gasteiger partial charge on any atom is 0.244 e. The Hall–Kier alpha value is -4.19. The van der Waals surface area contributed by atoms with Crippen LogP contribution >= 0.6 is 0 Å². The van der Waals surface area contributed by atoms with Crippen molar-refractivity contribution in [3.05, 3.63) is 107 Å². The van der Waals surface area contributed by atoms with Crippen molar-refractivity contribution in [1.29, 1.82) is 0 Å². The van der Waals surface area contributed by atoms with Crippen molar-refractivity contribution in [2.75, 3.05) is 5.32 Å². The van der Waals surface area contributed by atoms with Crippen LogP contribution in [0.4, 0.5) is 5.69 Å². The molecule has 6 nitrogen and oxygen atoms in total. The van der Waals surface area contributed by atoms with Crippen LogP contribution in [0.5, 0.6) is 0 Å². The van der Waals surface area contributed by atoms with E-state index in [1.165, 1.54) is 0 Å². The van der Waals surface area contributed by atoms with E-state index in [0.29, 0.717) is 10.8 Å². The topological polar surface area (TPSA) is 68.9 Å². The van der Waals surface area contributed by atoms with Gasteiger partial charge in [0.15, 0.2) is 5.43 Å². The molecule has 6 heteroatoms. The van der Waals surface area contributed by atoms with E-state index >= 15 is 0 Å². The zero-order valence-electron chi connectivity index (χ0n) is 17.7. The molecule has 0 fully saturated rings. The summed E-state index contributed by atoms with van der Waals surface area (Å²) in [6.45, 7) is 2.81. The lowest BCUT2D eigenvalue weighted by molar-refractivity contribution is -0.116. The van der Waals surface area contributed by atoms with E-state index < -0.39 is 0 Å². The lowest BCUT2D eigenvalue weighted by atomic mass is 10.1. The van der Waals surface area contributed by atoms with Crippen LogP contribution in [-0.2, 0) is 17.9 Å². The van der Waals surface area contributed by atoms with Gasteiger partial charge in [-0.05, 0) is 48.9 Å². The van der Waals surface area contributed by atoms with Crippen LogP contribution < -0.4 is 10.7 Å². The highest BCUT2D eigenvalue weighted by molar-refractivity contribution is 5.97. The van der Waals surface area contributed by atoms with Gasteiger partial charge in [0.1, 0.15) is 12.4 Å². The molecular formula is C26H22N4O2. The number of hydrogen-bond acceptors (Lipinski definition) is 3. The number of para-hydroxylation sites is 2. The van der Waals surface area contributed by atoms with E-state index in [9.17, 15) is 9.59 Å². The number of nitrogens with zero attached hydrogens (tertiary/aromatic N) is 3. The summed E-state index contributed by atoms with van der Waals surface area (Å²) in [6.07, 6.45) is 3.73. The molecule has 3 aromatic carbocycles. The van der Waals surface area contributed by atoms with Crippen LogP contribution in [0.3, 0.4) is 0 Å². The van der Waals surface area contributed by atoms with Crippen molar-refractivity contribution in [1.82, 2.24) is 14.1 Å². The monoisotopic (exact) mass is 422 g/mol. The average Bonchev–Trinajstić information content (AvgIpc) is 3.22. The van der Waals surface area contributed by atoms with Gasteiger partial charge in [0.2, 0.25) is 5.91 Å². The third-order valence-electron chi connectivity index (χ3n) is 5.69. The summed E-state index contributed by atoms with van der Waals surface area (Å²) in [7, 11) is 0. The number of hydrogen-bond donors (Lipinski definition) is 1. The number of aryl methyl sites for hydroxylation is 1. The van der Waals surface area contributed by atoms with Crippen molar-refractivity contribution in [3.63, 3.8) is 0 Å². The fraction of sp³-hybridized carbons (Fsp3) is 0.115. The van der Waals surface area contributed by atoms with Gasteiger partial charge in [-0.2, -0.15) is 0 Å². The second-order valence-electron chi connectivity index (χ2n) is 7.80. The Morgan fingerprint density at radius 1 is 0.906 bits per heavy atom. The van der Waals surface area contributed by atoms with Crippen LogP contribution in [0.2, 0.25) is 0 Å². The number of rotatable bonds is 5. The molecule has 0 aliphatic carbocycles. The second kappa shape index (κ2) is 8.15. The largest absolute Gasteiger partial charge is 0.331 e. The quantitative estimate of drug-likeness (QED) is 0.428. The molecule has 2 heterocycles. The molecule has 2 aromatic heterocycles. The van der Waals surface area contributed by atoms with Crippen LogP contribution in [0, 0.1) is 6.92 Å². The van der Waals surface area contributed by atoms with Crippen molar-refractivity contribution >= 4 is 33.4 Å². The number of carbonyl (C=O) groups is 1. The van der Waals surface area contributed by atoms with Crippen molar-refractivity contribution < 1.29 is 4.79 Å². The summed E-state index contributed by atoms with van der Waals surface area (Å²) in [5.41, 5.74) is 3.34. The molecule has 5 aromatic rings. The van der Waals surface area contributed by atoms with E-state index in [4.69, 9.17) is 0 Å². The van der Waals surface area contributed by atoms with Gasteiger partial charge >= 0.3 is 0 Å². The van der Waals surface area contributed by atoms with E-state index in [2.05, 4.69) is 14.9 Å². The number of fused-ring (bicyclic) bond motifs is 2. The third-order valence-corrected chi connectivity index (χ3v) is 5.69. The zero-order chi connectivity index (χ0) is 22.1. The Bertz CT molecular complexity index is 1440. The molecule has 0 saturated carbocycles. The Morgan fingerprint density at radius 3 is 2.12 bits per heavy atom. The van der Waals surface area contributed by atoms with Gasteiger partial charge in [0.25, 0.3) is 0 Å². The molecule has 32 heavy (non-hydrogen) atoms. The number of nitrogens with one attached hydrogen (secondary N) is 1. The fourth-order valence-corrected chi connectivity index (χ4v) is 4.05. The van der Waals surface area contributed by atoms with Crippen LogP contribution in [0.25, 0.3) is 21.8 Å². The van der Waals surface area contributed by atoms with Gasteiger partial charge < -0.3 is 14.5 Å². The molecule has 1 amide bonds. The summed E-state index contributed by atoms with van der Waals surface area (Å²) < 4.78 is 3.97. The summed E-state index contributed by atoms with van der Waals surface area (Å²) >= 11 is 0. The first-order valence-electron chi connectivity index (χ1n) is 10.5. The average molecular weight is 422 g/mol. The van der Waals surface area contributed by atoms with Crippen LogP contribution in [0.15, 0.2) is 90.0 Å². The minimum absolute atomic E-state index is 0.0171. The van der Waals surface area contributed by atoms with Crippen molar-refractivity contribution in [2.45, 2.75) is 20.0 Å². The number of benzene rings is 3. The number of pyridine rings is 1. The molecule has 5 rings (SSSR count). The van der Waals surface area contributed by atoms with Gasteiger partial charge in [-0.15, -0.1) is 0 Å². The first kappa shape index (κ1) is 19.8. The molecule has 0 unspecified atom stereocenters. The summed E-state index contributed by atoms with van der Waals surface area (Å²) in [5, 5.41) is 4.19. The Kier molecular flexibility index (Phi) is 5.03. The molecule has 0 aliphatic rings. The molecule has 0 radical (unpaired) electrons. The number of carbonyl (C=O) groups excluding carboxylic acids is 1. The smallest absolute Gasteiger partial charge is 0.244 e. The maximum absolute atomic E-state index is 12.9. The number of amides is 1. The van der Waals surface area contributed by atoms with Gasteiger partial charge in [0, 0.05) is 35.4 Å². The highest BCUT2D eigenvalue weighted by Crippen LogP contribution is 2.19. The first-order chi connectivity index (χ1) is 15.6. The van der Waals surface area contributed by atoms with E-state index in [1.807, 2.05) is 78.4 Å². The van der Waals surface area contributed by atoms with Crippen LogP contribution in [-0.4, -0.2) is 20.0 Å². The number of aromatic nitrogens is 3. The fourth-order valence-electron chi connectivity index (χ4n) is 4.05. The van der Waals surface area contributed by atoms with Gasteiger partial charge in [0.05, 0.1) is 11.0 Å². The lowest BCUT2D eigenvalue weighted by Crippen LogP contribution is -2.21. The first-order valence-corrected chi connectivity index (χ1v) is 10.5. The molecule has 0 aliphatic heterocycles. The van der Waals surface area contributed by atoms with E-state index in [1.54, 1.807) is 18.3 Å². The highest BCUT2D eigenvalue weighted by Gasteiger charge is 2.13. The molecule has 0 saturated heterocycles. The Balaban J connectivity index is 1.40. The molecule has 158 valence electrons. The van der Waals surface area contributed by atoms with Gasteiger partial charge in [-0.3, -0.25) is 9.59 Å². The van der Waals surface area contributed by atoms with Crippen LogP contribution in [0.1, 0.15) is 11.4 Å². The Labute approximate surface area is 184 Å². The predicted octanol–water partition coefficient (Wildman–Crippen LogP) is 4.35. The molecule has 1 N–H and O–H groups in total. The second-order valence-corrected chi connectivity index (χ2v) is 7.80. The minimum Gasteiger partial charge on any atom is -0.331 e. The highest BCUT2D eigenvalue weighted by atomic mass is 16.2. The lowest BCUT2D eigenvalue weighted by Gasteiger charge is -2.15. The molecule has 0 spiro atoms. The summed E-state index contributed by atoms with van der Waals surface area (Å²) in [4.78, 5) is 30.0. The van der Waals surface area contributed by atoms with E-state index in [0.717, 1.165) is 34.7 Å². The third kappa shape index (κ3) is 3.67. The standard InChI is InChI=1S/C26H22N4O2/c1-18-27-14-15-29(18)16-19-10-12-20(13-11-19)28-25(31)17-30-23-8-4-2-6-21(23)26(32)22-7-3-5-9-24(22)30/h2-15H,16-17H2,1H3,(H,28,31). The molecular weight excluding hydrogens is 400 g/mol. The van der Waals surface area contributed by atoms with Crippen molar-refractivity contribution in [3.8, 4) is 0 Å². The molecule has 0 bridgehead atoms. The molecule has 0 atom stereocenters. The summed E-state index contributed by atoms with van der Waals surface area (Å²) in [5.74, 6) is 0.810. The van der Waals surface area contributed by atoms with Gasteiger partial charge in [-0.25, -0.2) is 4.98 Å². The van der Waals surface area contributed by atoms with E-state index in [-0.39, 0.29) is 17.9 Å². The van der Waals surface area contributed by atoms with Crippen molar-refractivity contribution in [2.24, 2.45) is 0 Å². The van der Waals surface area contributed by atoms with Gasteiger partial charge in [-0.1, -0.05) is 36.4 Å². The zero-order valence-corrected chi connectivity index (χ0v) is 17.7. The maximum atomic E-state index is 12.9.